The van der Waals surface area contributed by atoms with Crippen LogP contribution in [-0.2, 0) is 9.47 Å². The van der Waals surface area contributed by atoms with E-state index in [4.69, 9.17) is 13.9 Å². The van der Waals surface area contributed by atoms with Crippen molar-refractivity contribution in [3.05, 3.63) is 35.6 Å². The van der Waals surface area contributed by atoms with E-state index in [2.05, 4.69) is 5.32 Å². The molecule has 5 heteroatoms. The van der Waals surface area contributed by atoms with Crippen molar-refractivity contribution < 1.29 is 18.7 Å². The second-order valence-corrected chi connectivity index (χ2v) is 5.52. The van der Waals surface area contributed by atoms with Crippen LogP contribution in [0.15, 0.2) is 28.7 Å². The lowest BCUT2D eigenvalue weighted by molar-refractivity contribution is -0.0632. The third kappa shape index (κ3) is 3.00. The van der Waals surface area contributed by atoms with Crippen LogP contribution in [0, 0.1) is 6.92 Å². The van der Waals surface area contributed by atoms with Gasteiger partial charge in [0.15, 0.2) is 0 Å². The molecule has 2 aromatic rings. The minimum absolute atomic E-state index is 0.0347. The van der Waals surface area contributed by atoms with Gasteiger partial charge in [0.1, 0.15) is 17.4 Å². The van der Waals surface area contributed by atoms with Gasteiger partial charge in [0.05, 0.1) is 18.2 Å². The van der Waals surface area contributed by atoms with E-state index in [-0.39, 0.29) is 18.1 Å². The summed E-state index contributed by atoms with van der Waals surface area (Å²) >= 11 is 0. The highest BCUT2D eigenvalue weighted by molar-refractivity contribution is 6.05. The fourth-order valence-electron chi connectivity index (χ4n) is 2.87. The van der Waals surface area contributed by atoms with Crippen molar-refractivity contribution >= 4 is 16.9 Å². The summed E-state index contributed by atoms with van der Waals surface area (Å²) in [6, 6.07) is 7.50. The Morgan fingerprint density at radius 1 is 1.45 bits per heavy atom. The maximum atomic E-state index is 12.6. The average Bonchev–Trinajstić information content (AvgIpc) is 2.89. The molecule has 0 aliphatic carbocycles. The Balaban J connectivity index is 1.80. The molecule has 2 unspecified atom stereocenters. The van der Waals surface area contributed by atoms with Gasteiger partial charge in [0.25, 0.3) is 5.91 Å². The van der Waals surface area contributed by atoms with E-state index < -0.39 is 0 Å². The molecule has 0 saturated carbocycles. The van der Waals surface area contributed by atoms with Crippen molar-refractivity contribution in [3.63, 3.8) is 0 Å². The van der Waals surface area contributed by atoms with Gasteiger partial charge >= 0.3 is 0 Å². The fraction of sp³-hybridized carbons (Fsp3) is 0.471. The molecule has 118 valence electrons. The predicted molar refractivity (Wildman–Crippen MR) is 83.1 cm³/mol. The maximum Gasteiger partial charge on any atom is 0.255 e. The SMILES string of the molecule is CCOC1COCCC1NC(=O)c1cccc2cc(C)oc12. The number of hydrogen-bond acceptors (Lipinski definition) is 4. The topological polar surface area (TPSA) is 60.7 Å². The molecule has 1 N–H and O–H groups in total. The zero-order valence-corrected chi connectivity index (χ0v) is 12.9. The van der Waals surface area contributed by atoms with Gasteiger partial charge in [-0.3, -0.25) is 4.79 Å². The normalized spacial score (nSPS) is 21.9. The summed E-state index contributed by atoms with van der Waals surface area (Å²) in [6.45, 7) is 5.58. The quantitative estimate of drug-likeness (QED) is 0.943. The van der Waals surface area contributed by atoms with Gasteiger partial charge < -0.3 is 19.2 Å². The summed E-state index contributed by atoms with van der Waals surface area (Å²) in [5.74, 6) is 0.671. The Kier molecular flexibility index (Phi) is 4.45. The Morgan fingerprint density at radius 3 is 3.14 bits per heavy atom. The van der Waals surface area contributed by atoms with Crippen molar-refractivity contribution in [3.8, 4) is 0 Å². The predicted octanol–water partition coefficient (Wildman–Crippen LogP) is 2.67. The van der Waals surface area contributed by atoms with E-state index >= 15 is 0 Å². The van der Waals surface area contributed by atoms with Gasteiger partial charge in [-0.25, -0.2) is 0 Å². The number of furan rings is 1. The molecule has 1 aliphatic heterocycles. The molecule has 3 rings (SSSR count). The molecular weight excluding hydrogens is 282 g/mol. The van der Waals surface area contributed by atoms with E-state index in [9.17, 15) is 4.79 Å². The largest absolute Gasteiger partial charge is 0.461 e. The van der Waals surface area contributed by atoms with Crippen LogP contribution < -0.4 is 5.32 Å². The summed E-state index contributed by atoms with van der Waals surface area (Å²) in [6.07, 6.45) is 0.657. The molecule has 1 aliphatic rings. The van der Waals surface area contributed by atoms with Gasteiger partial charge in [0, 0.05) is 18.6 Å². The monoisotopic (exact) mass is 303 g/mol. The van der Waals surface area contributed by atoms with Crippen LogP contribution in [-0.4, -0.2) is 37.9 Å². The minimum atomic E-state index is -0.128. The summed E-state index contributed by atoms with van der Waals surface area (Å²) in [5.41, 5.74) is 1.20. The van der Waals surface area contributed by atoms with Crippen LogP contribution >= 0.6 is 0 Å². The molecule has 5 nitrogen and oxygen atoms in total. The lowest BCUT2D eigenvalue weighted by atomic mass is 10.0. The number of rotatable bonds is 4. The number of carbonyl (C=O) groups excluding carboxylic acids is 1. The third-order valence-electron chi connectivity index (χ3n) is 3.91. The van der Waals surface area contributed by atoms with Gasteiger partial charge in [-0.15, -0.1) is 0 Å². The molecule has 1 aromatic carbocycles. The molecule has 2 heterocycles. The molecule has 22 heavy (non-hydrogen) atoms. The smallest absolute Gasteiger partial charge is 0.255 e. The molecule has 1 aromatic heterocycles. The van der Waals surface area contributed by atoms with Gasteiger partial charge in [-0.2, -0.15) is 0 Å². The van der Waals surface area contributed by atoms with E-state index in [0.29, 0.717) is 31.0 Å². The van der Waals surface area contributed by atoms with Crippen LogP contribution in [0.5, 0.6) is 0 Å². The summed E-state index contributed by atoms with van der Waals surface area (Å²) in [7, 11) is 0. The number of carbonyl (C=O) groups is 1. The first kappa shape index (κ1) is 15.1. The van der Waals surface area contributed by atoms with Crippen LogP contribution in [0.2, 0.25) is 0 Å². The summed E-state index contributed by atoms with van der Waals surface area (Å²) < 4.78 is 16.8. The molecule has 2 atom stereocenters. The zero-order valence-electron chi connectivity index (χ0n) is 12.9. The van der Waals surface area contributed by atoms with Crippen LogP contribution in [0.25, 0.3) is 11.0 Å². The molecule has 1 fully saturated rings. The number of amides is 1. The van der Waals surface area contributed by atoms with Gasteiger partial charge in [-0.05, 0) is 32.4 Å². The highest BCUT2D eigenvalue weighted by Gasteiger charge is 2.28. The fourth-order valence-corrected chi connectivity index (χ4v) is 2.87. The van der Waals surface area contributed by atoms with Crippen molar-refractivity contribution in [2.45, 2.75) is 32.4 Å². The molecule has 0 bridgehead atoms. The van der Waals surface area contributed by atoms with Gasteiger partial charge in [0.2, 0.25) is 0 Å². The second kappa shape index (κ2) is 6.50. The first-order chi connectivity index (χ1) is 10.7. The molecule has 1 amide bonds. The molecule has 1 saturated heterocycles. The lowest BCUT2D eigenvalue weighted by Crippen LogP contribution is -2.50. The zero-order chi connectivity index (χ0) is 15.5. The van der Waals surface area contributed by atoms with E-state index in [1.165, 1.54) is 0 Å². The molecule has 0 spiro atoms. The lowest BCUT2D eigenvalue weighted by Gasteiger charge is -2.31. The van der Waals surface area contributed by atoms with Crippen molar-refractivity contribution in [2.75, 3.05) is 19.8 Å². The van der Waals surface area contributed by atoms with E-state index in [0.717, 1.165) is 17.6 Å². The summed E-state index contributed by atoms with van der Waals surface area (Å²) in [5, 5.41) is 4.01. The Labute approximate surface area is 129 Å². The van der Waals surface area contributed by atoms with E-state index in [1.807, 2.05) is 32.0 Å². The number of aryl methyl sites for hydroxylation is 1. The number of hydrogen-bond donors (Lipinski definition) is 1. The Morgan fingerprint density at radius 2 is 2.32 bits per heavy atom. The van der Waals surface area contributed by atoms with Crippen LogP contribution in [0.1, 0.15) is 29.5 Å². The van der Waals surface area contributed by atoms with Crippen molar-refractivity contribution in [2.24, 2.45) is 0 Å². The highest BCUT2D eigenvalue weighted by Crippen LogP contribution is 2.23. The minimum Gasteiger partial charge on any atom is -0.461 e. The Bertz CT molecular complexity index is 662. The van der Waals surface area contributed by atoms with E-state index in [1.54, 1.807) is 6.07 Å². The number of nitrogens with one attached hydrogen (secondary N) is 1. The first-order valence-electron chi connectivity index (χ1n) is 7.68. The third-order valence-corrected chi connectivity index (χ3v) is 3.91. The average molecular weight is 303 g/mol. The standard InChI is InChI=1S/C17H21NO4/c1-3-21-15-10-20-8-7-14(15)18-17(19)13-6-4-5-12-9-11(2)22-16(12)13/h4-6,9,14-15H,3,7-8,10H2,1-2H3,(H,18,19). The van der Waals surface area contributed by atoms with Gasteiger partial charge in [-0.1, -0.05) is 12.1 Å². The summed E-state index contributed by atoms with van der Waals surface area (Å²) in [4.78, 5) is 12.6. The number of para-hydroxylation sites is 1. The number of benzene rings is 1. The highest BCUT2D eigenvalue weighted by atomic mass is 16.5. The van der Waals surface area contributed by atoms with Crippen molar-refractivity contribution in [1.82, 2.24) is 5.32 Å². The van der Waals surface area contributed by atoms with Crippen LogP contribution in [0.4, 0.5) is 0 Å². The first-order valence-corrected chi connectivity index (χ1v) is 7.68. The Hall–Kier alpha value is -1.85. The number of fused-ring (bicyclic) bond motifs is 1. The molecule has 0 radical (unpaired) electrons. The second-order valence-electron chi connectivity index (χ2n) is 5.52. The molecular formula is C17H21NO4. The van der Waals surface area contributed by atoms with Crippen molar-refractivity contribution in [1.29, 1.82) is 0 Å². The maximum absolute atomic E-state index is 12.6. The van der Waals surface area contributed by atoms with Crippen LogP contribution in [0.3, 0.4) is 0 Å². The number of ether oxygens (including phenoxy) is 2.